The second-order valence-electron chi connectivity index (χ2n) is 6.83. The minimum Gasteiger partial charge on any atom is -0.380 e. The molecule has 6 nitrogen and oxygen atoms in total. The van der Waals surface area contributed by atoms with Crippen molar-refractivity contribution in [1.82, 2.24) is 14.9 Å². The number of benzene rings is 2. The van der Waals surface area contributed by atoms with E-state index in [1.807, 2.05) is 11.5 Å². The van der Waals surface area contributed by atoms with Crippen molar-refractivity contribution in [3.05, 3.63) is 53.6 Å². The maximum atomic E-state index is 14.7. The van der Waals surface area contributed by atoms with Crippen LogP contribution in [0.5, 0.6) is 0 Å². The monoisotopic (exact) mass is 420 g/mol. The molecule has 0 unspecified atom stereocenters. The molecule has 3 aromatic rings. The minimum absolute atomic E-state index is 0.129. The number of hydrogen-bond donors (Lipinski definition) is 2. The number of ether oxygens (including phenoxy) is 1. The average Bonchev–Trinajstić information content (AvgIpc) is 3.04. The number of halogens is 3. The molecule has 1 heterocycles. The van der Waals surface area contributed by atoms with Crippen LogP contribution in [0.15, 0.2) is 30.3 Å². The molecule has 2 aromatic carbocycles. The molecule has 0 saturated heterocycles. The Balaban J connectivity index is 2.05. The van der Waals surface area contributed by atoms with Crippen molar-refractivity contribution in [3.63, 3.8) is 0 Å². The molecule has 3 N–H and O–H groups in total. The SMILES string of the molecule is CCOCCn1c(CN[C@@H](C)C(N)=O)nc2cc(F)c(-c3ccc(F)c(F)c3)cc21. The molecule has 160 valence electrons. The van der Waals surface area contributed by atoms with Gasteiger partial charge in [-0.05, 0) is 37.6 Å². The minimum atomic E-state index is -1.05. The van der Waals surface area contributed by atoms with Crippen LogP contribution in [0.4, 0.5) is 13.2 Å². The highest BCUT2D eigenvalue weighted by Gasteiger charge is 2.17. The van der Waals surface area contributed by atoms with Gasteiger partial charge in [0.05, 0.1) is 30.2 Å². The van der Waals surface area contributed by atoms with Gasteiger partial charge in [-0.1, -0.05) is 6.07 Å². The largest absolute Gasteiger partial charge is 0.380 e. The number of rotatable bonds is 9. The summed E-state index contributed by atoms with van der Waals surface area (Å²) in [5.41, 5.74) is 6.64. The molecule has 0 saturated carbocycles. The first kappa shape index (κ1) is 21.8. The third-order valence-electron chi connectivity index (χ3n) is 4.80. The van der Waals surface area contributed by atoms with Crippen LogP contribution >= 0.6 is 0 Å². The highest BCUT2D eigenvalue weighted by molar-refractivity contribution is 5.83. The van der Waals surface area contributed by atoms with Crippen molar-refractivity contribution >= 4 is 16.9 Å². The lowest BCUT2D eigenvalue weighted by molar-refractivity contribution is -0.119. The summed E-state index contributed by atoms with van der Waals surface area (Å²) in [7, 11) is 0. The summed E-state index contributed by atoms with van der Waals surface area (Å²) in [5, 5.41) is 2.98. The van der Waals surface area contributed by atoms with Crippen LogP contribution in [-0.2, 0) is 22.6 Å². The number of carbonyl (C=O) groups is 1. The molecule has 0 spiro atoms. The fourth-order valence-corrected chi connectivity index (χ4v) is 3.11. The second-order valence-corrected chi connectivity index (χ2v) is 6.83. The van der Waals surface area contributed by atoms with Crippen molar-refractivity contribution in [2.75, 3.05) is 13.2 Å². The predicted molar refractivity (Wildman–Crippen MR) is 107 cm³/mol. The van der Waals surface area contributed by atoms with Crippen LogP contribution in [0.3, 0.4) is 0 Å². The van der Waals surface area contributed by atoms with Crippen LogP contribution in [0.2, 0.25) is 0 Å². The number of carbonyl (C=O) groups excluding carboxylic acids is 1. The molecule has 0 radical (unpaired) electrons. The number of nitrogens with one attached hydrogen (secondary N) is 1. The Morgan fingerprint density at radius 3 is 2.63 bits per heavy atom. The van der Waals surface area contributed by atoms with E-state index in [0.717, 1.165) is 12.1 Å². The summed E-state index contributed by atoms with van der Waals surface area (Å²) in [5.74, 6) is -2.59. The van der Waals surface area contributed by atoms with Gasteiger partial charge in [0, 0.05) is 24.8 Å². The lowest BCUT2D eigenvalue weighted by Gasteiger charge is -2.13. The number of imidazole rings is 1. The Bertz CT molecular complexity index is 1070. The van der Waals surface area contributed by atoms with E-state index in [-0.39, 0.29) is 17.7 Å². The zero-order chi connectivity index (χ0) is 21.8. The molecule has 1 atom stereocenters. The standard InChI is InChI=1S/C21H23F3N4O2/c1-3-30-7-6-28-19-9-14(13-4-5-15(22)17(24)8-13)16(23)10-18(19)27-20(28)11-26-12(2)21(25)29/h4-5,8-10,12,26H,3,6-7,11H2,1-2H3,(H2,25,29)/t12-/m0/s1. The Morgan fingerprint density at radius 1 is 1.20 bits per heavy atom. The van der Waals surface area contributed by atoms with E-state index < -0.39 is 29.4 Å². The van der Waals surface area contributed by atoms with Gasteiger partial charge in [0.15, 0.2) is 11.6 Å². The van der Waals surface area contributed by atoms with Gasteiger partial charge in [0.1, 0.15) is 11.6 Å². The number of primary amides is 1. The quantitative estimate of drug-likeness (QED) is 0.521. The van der Waals surface area contributed by atoms with Crippen molar-refractivity contribution in [2.24, 2.45) is 5.73 Å². The number of hydrogen-bond acceptors (Lipinski definition) is 4. The molecule has 1 aromatic heterocycles. The Hall–Kier alpha value is -2.91. The van der Waals surface area contributed by atoms with Gasteiger partial charge in [-0.3, -0.25) is 10.1 Å². The fourth-order valence-electron chi connectivity index (χ4n) is 3.11. The van der Waals surface area contributed by atoms with Crippen molar-refractivity contribution in [3.8, 4) is 11.1 Å². The van der Waals surface area contributed by atoms with Gasteiger partial charge in [-0.25, -0.2) is 18.2 Å². The van der Waals surface area contributed by atoms with E-state index in [1.165, 1.54) is 12.1 Å². The van der Waals surface area contributed by atoms with Gasteiger partial charge >= 0.3 is 0 Å². The highest BCUT2D eigenvalue weighted by Crippen LogP contribution is 2.29. The van der Waals surface area contributed by atoms with Crippen LogP contribution in [0.25, 0.3) is 22.2 Å². The lowest BCUT2D eigenvalue weighted by Crippen LogP contribution is -2.38. The summed E-state index contributed by atoms with van der Waals surface area (Å²) in [6.45, 7) is 5.12. The van der Waals surface area contributed by atoms with Crippen molar-refractivity contribution in [1.29, 1.82) is 0 Å². The van der Waals surface area contributed by atoms with E-state index in [0.29, 0.717) is 36.6 Å². The van der Waals surface area contributed by atoms with Crippen molar-refractivity contribution < 1.29 is 22.7 Å². The first-order valence-corrected chi connectivity index (χ1v) is 9.56. The van der Waals surface area contributed by atoms with Gasteiger partial charge in [0.25, 0.3) is 0 Å². The van der Waals surface area contributed by atoms with Crippen molar-refractivity contribution in [2.45, 2.75) is 33.0 Å². The maximum absolute atomic E-state index is 14.7. The Labute approximate surface area is 171 Å². The van der Waals surface area contributed by atoms with Crippen LogP contribution < -0.4 is 11.1 Å². The molecule has 0 aliphatic rings. The van der Waals surface area contributed by atoms with Crippen LogP contribution in [0.1, 0.15) is 19.7 Å². The number of aromatic nitrogens is 2. The molecule has 0 aliphatic carbocycles. The maximum Gasteiger partial charge on any atom is 0.234 e. The third-order valence-corrected chi connectivity index (χ3v) is 4.80. The second kappa shape index (κ2) is 9.27. The Morgan fingerprint density at radius 2 is 1.97 bits per heavy atom. The van der Waals surface area contributed by atoms with Gasteiger partial charge in [-0.15, -0.1) is 0 Å². The van der Waals surface area contributed by atoms with E-state index in [1.54, 1.807) is 13.0 Å². The molecular weight excluding hydrogens is 397 g/mol. The highest BCUT2D eigenvalue weighted by atomic mass is 19.2. The zero-order valence-electron chi connectivity index (χ0n) is 16.7. The molecule has 1 amide bonds. The summed E-state index contributed by atoms with van der Waals surface area (Å²) in [6, 6.07) is 5.47. The molecule has 0 aliphatic heterocycles. The van der Waals surface area contributed by atoms with Gasteiger partial charge in [0.2, 0.25) is 5.91 Å². The van der Waals surface area contributed by atoms with Crippen LogP contribution in [-0.4, -0.2) is 34.7 Å². The predicted octanol–water partition coefficient (Wildman–Crippen LogP) is 3.12. The fraction of sp³-hybridized carbons (Fsp3) is 0.333. The summed E-state index contributed by atoms with van der Waals surface area (Å²) < 4.78 is 49.0. The normalized spacial score (nSPS) is 12.4. The topological polar surface area (TPSA) is 82.2 Å². The molecule has 0 fully saturated rings. The van der Waals surface area contributed by atoms with Gasteiger partial charge in [-0.2, -0.15) is 0 Å². The smallest absolute Gasteiger partial charge is 0.234 e. The summed E-state index contributed by atoms with van der Waals surface area (Å²) in [6.07, 6.45) is 0. The number of nitrogens with two attached hydrogens (primary N) is 1. The average molecular weight is 420 g/mol. The molecule has 3 rings (SSSR count). The van der Waals surface area contributed by atoms with Gasteiger partial charge < -0.3 is 15.0 Å². The summed E-state index contributed by atoms with van der Waals surface area (Å²) >= 11 is 0. The van der Waals surface area contributed by atoms with E-state index in [2.05, 4.69) is 10.3 Å². The van der Waals surface area contributed by atoms with E-state index in [9.17, 15) is 18.0 Å². The molecule has 30 heavy (non-hydrogen) atoms. The number of amides is 1. The Kier molecular flexibility index (Phi) is 6.73. The van der Waals surface area contributed by atoms with E-state index in [4.69, 9.17) is 10.5 Å². The molecular formula is C21H23F3N4O2. The zero-order valence-corrected chi connectivity index (χ0v) is 16.7. The van der Waals surface area contributed by atoms with Crippen LogP contribution in [0, 0.1) is 17.5 Å². The molecule has 0 bridgehead atoms. The lowest BCUT2D eigenvalue weighted by atomic mass is 10.0. The summed E-state index contributed by atoms with van der Waals surface area (Å²) in [4.78, 5) is 15.8. The van der Waals surface area contributed by atoms with E-state index >= 15 is 0 Å². The third kappa shape index (κ3) is 4.63. The first-order valence-electron chi connectivity index (χ1n) is 9.56. The number of fused-ring (bicyclic) bond motifs is 1. The number of nitrogens with zero attached hydrogens (tertiary/aromatic N) is 2. The molecule has 9 heteroatoms. The first-order chi connectivity index (χ1) is 14.3.